The molecular weight excluding hydrogens is 777 g/mol. The van der Waals surface area contributed by atoms with Crippen LogP contribution in [0.25, 0.3) is 22.3 Å². The van der Waals surface area contributed by atoms with Gasteiger partial charge in [0.15, 0.2) is 11.2 Å². The van der Waals surface area contributed by atoms with E-state index in [9.17, 15) is 9.59 Å². The minimum atomic E-state index is -1.27. The molecule has 0 aliphatic heterocycles. The second-order valence-electron chi connectivity index (χ2n) is 16.2. The Morgan fingerprint density at radius 3 is 1.18 bits per heavy atom. The number of hydrogen-bond acceptors (Lipinski definition) is 7. The molecule has 0 fully saturated rings. The average molecular weight is 837 g/mol. The van der Waals surface area contributed by atoms with Crippen molar-refractivity contribution in [2.24, 2.45) is 0 Å². The van der Waals surface area contributed by atoms with Crippen molar-refractivity contribution in [2.75, 3.05) is 19.8 Å². The lowest BCUT2D eigenvalue weighted by Crippen LogP contribution is -2.39. The number of carbonyl (C=O) groups is 2. The monoisotopic (exact) mass is 836 g/mol. The molecule has 324 valence electrons. The fourth-order valence-electron chi connectivity index (χ4n) is 6.50. The lowest BCUT2D eigenvalue weighted by Gasteiger charge is -2.24. The number of hydrogen-bond donors (Lipinski definition) is 1. The van der Waals surface area contributed by atoms with Gasteiger partial charge in [-0.25, -0.2) is 9.59 Å². The first-order valence-electron chi connectivity index (χ1n) is 21.3. The number of carbonyl (C=O) groups excluding carboxylic acids is 1. The molecule has 0 amide bonds. The summed E-state index contributed by atoms with van der Waals surface area (Å²) in [5.41, 5.74) is 5.18. The van der Waals surface area contributed by atoms with Crippen LogP contribution in [-0.4, -0.2) is 48.1 Å². The summed E-state index contributed by atoms with van der Waals surface area (Å²) < 4.78 is 28.1. The van der Waals surface area contributed by atoms with Crippen LogP contribution in [0.3, 0.4) is 0 Å². The van der Waals surface area contributed by atoms with Crippen molar-refractivity contribution in [3.63, 3.8) is 0 Å². The predicted octanol–water partition coefficient (Wildman–Crippen LogP) is 12.8. The largest absolute Gasteiger partial charge is 0.494 e. The Morgan fingerprint density at radius 1 is 0.484 bits per heavy atom. The van der Waals surface area contributed by atoms with E-state index in [-0.39, 0.29) is 5.97 Å². The molecule has 8 nitrogen and oxygen atoms in total. The summed E-state index contributed by atoms with van der Waals surface area (Å²) in [5, 5.41) is 9.14. The van der Waals surface area contributed by atoms with E-state index in [0.29, 0.717) is 43.2 Å². The number of carboxylic acids is 1. The molecule has 6 aromatic rings. The van der Waals surface area contributed by atoms with E-state index in [1.807, 2.05) is 36.4 Å². The predicted molar refractivity (Wildman–Crippen MR) is 247 cm³/mol. The Morgan fingerprint density at radius 2 is 0.823 bits per heavy atom. The van der Waals surface area contributed by atoms with Crippen molar-refractivity contribution < 1.29 is 38.4 Å². The maximum atomic E-state index is 12.0. The summed E-state index contributed by atoms with van der Waals surface area (Å²) in [6.45, 7) is 14.2. The fourth-order valence-corrected chi connectivity index (χ4v) is 6.50. The molecule has 0 saturated carbocycles. The van der Waals surface area contributed by atoms with Crippen LogP contribution in [0, 0.1) is 0 Å². The van der Waals surface area contributed by atoms with E-state index in [2.05, 4.69) is 111 Å². The molecule has 6 rings (SSSR count). The van der Waals surface area contributed by atoms with Gasteiger partial charge in [0.2, 0.25) is 0 Å². The normalized spacial score (nSPS) is 12.2. The first-order valence-corrected chi connectivity index (χ1v) is 21.3. The van der Waals surface area contributed by atoms with Crippen LogP contribution in [0.1, 0.15) is 84.3 Å². The van der Waals surface area contributed by atoms with E-state index >= 15 is 0 Å². The summed E-state index contributed by atoms with van der Waals surface area (Å²) in [6.07, 6.45) is 1.81. The Bertz CT molecular complexity index is 2250. The van der Waals surface area contributed by atoms with Crippen molar-refractivity contribution in [3.8, 4) is 45.3 Å². The Hall–Kier alpha value is -6.54. The molecule has 0 heterocycles. The number of benzene rings is 6. The fraction of sp³-hybridized carbons (Fsp3) is 0.296. The highest BCUT2D eigenvalue weighted by Gasteiger charge is 2.32. The molecule has 6 aromatic carbocycles. The smallest absolute Gasteiger partial charge is 0.349 e. The molecule has 2 unspecified atom stereocenters. The van der Waals surface area contributed by atoms with Gasteiger partial charge in [-0.05, 0) is 141 Å². The Kier molecular flexibility index (Phi) is 16.8. The standard InChI is InChI=1S/C28H32O4.C26H28O4/c1-5-30-27(29)28(3,4)32-26-17-15-25(16-18-26)31-20-19-21(2)22-11-13-24(14-12-22)23-9-7-6-8-10-23;1-19(20-9-11-22(12-10-20)21-7-5-4-6-8-21)17-18-29-23-13-15-24(16-14-23)30-26(2,3)25(27)28/h6-18,21H,5,19-20H2,1-4H3;4-16,19H,17-18H2,1-3H3,(H,27,28). The van der Waals surface area contributed by atoms with Crippen LogP contribution in [-0.2, 0) is 14.3 Å². The van der Waals surface area contributed by atoms with Crippen LogP contribution in [0.4, 0.5) is 0 Å². The number of rotatable bonds is 19. The van der Waals surface area contributed by atoms with E-state index in [4.69, 9.17) is 28.8 Å². The molecule has 0 radical (unpaired) electrons. The summed E-state index contributed by atoms with van der Waals surface area (Å²) in [5.74, 6) is 2.00. The van der Waals surface area contributed by atoms with Crippen molar-refractivity contribution in [2.45, 2.75) is 84.3 Å². The summed E-state index contributed by atoms with van der Waals surface area (Å²) in [7, 11) is 0. The van der Waals surface area contributed by atoms with Crippen LogP contribution in [0.5, 0.6) is 23.0 Å². The average Bonchev–Trinajstić information content (AvgIpc) is 3.28. The second-order valence-corrected chi connectivity index (χ2v) is 16.2. The minimum absolute atomic E-state index is 0.327. The van der Waals surface area contributed by atoms with E-state index < -0.39 is 17.2 Å². The van der Waals surface area contributed by atoms with Crippen LogP contribution < -0.4 is 18.9 Å². The van der Waals surface area contributed by atoms with Crippen molar-refractivity contribution in [3.05, 3.63) is 169 Å². The lowest BCUT2D eigenvalue weighted by atomic mass is 9.95. The zero-order chi connectivity index (χ0) is 44.5. The van der Waals surface area contributed by atoms with E-state index in [1.165, 1.54) is 47.2 Å². The van der Waals surface area contributed by atoms with Crippen molar-refractivity contribution in [1.29, 1.82) is 0 Å². The summed E-state index contributed by atoms with van der Waals surface area (Å²) >= 11 is 0. The third-order valence-corrected chi connectivity index (χ3v) is 10.5. The molecule has 0 aliphatic rings. The Labute approximate surface area is 367 Å². The van der Waals surface area contributed by atoms with Crippen LogP contribution in [0.2, 0.25) is 0 Å². The Balaban J connectivity index is 0.000000235. The van der Waals surface area contributed by atoms with Crippen LogP contribution in [0.15, 0.2) is 158 Å². The number of aliphatic carboxylic acids is 1. The van der Waals surface area contributed by atoms with Gasteiger partial charge >= 0.3 is 11.9 Å². The topological polar surface area (TPSA) is 101 Å². The molecule has 0 bridgehead atoms. The summed E-state index contributed by atoms with van der Waals surface area (Å²) in [6, 6.07) is 52.6. The molecule has 62 heavy (non-hydrogen) atoms. The first-order chi connectivity index (χ1) is 29.7. The molecule has 0 aromatic heterocycles. The molecular formula is C54H60O8. The maximum Gasteiger partial charge on any atom is 0.349 e. The highest BCUT2D eigenvalue weighted by atomic mass is 16.6. The second kappa shape index (κ2) is 22.3. The van der Waals surface area contributed by atoms with Gasteiger partial charge in [-0.1, -0.05) is 123 Å². The molecule has 0 aliphatic carbocycles. The van der Waals surface area contributed by atoms with Gasteiger partial charge in [-0.15, -0.1) is 0 Å². The molecule has 8 heteroatoms. The van der Waals surface area contributed by atoms with Gasteiger partial charge in [0.05, 0.1) is 19.8 Å². The first kappa shape index (κ1) is 46.5. The zero-order valence-electron chi connectivity index (χ0n) is 37.0. The van der Waals surface area contributed by atoms with Gasteiger partial charge in [0.25, 0.3) is 0 Å². The van der Waals surface area contributed by atoms with Gasteiger partial charge in [-0.3, -0.25) is 0 Å². The number of esters is 1. The quantitative estimate of drug-likeness (QED) is 0.0805. The van der Waals surface area contributed by atoms with E-state index in [1.54, 1.807) is 45.0 Å². The maximum absolute atomic E-state index is 12.0. The molecule has 2 atom stereocenters. The van der Waals surface area contributed by atoms with Crippen molar-refractivity contribution in [1.82, 2.24) is 0 Å². The lowest BCUT2D eigenvalue weighted by molar-refractivity contribution is -0.158. The van der Waals surface area contributed by atoms with Gasteiger partial charge in [-0.2, -0.15) is 0 Å². The molecule has 1 N–H and O–H groups in total. The SMILES string of the molecule is CC(CCOc1ccc(OC(C)(C)C(=O)O)cc1)c1ccc(-c2ccccc2)cc1.CCOC(=O)C(C)(C)Oc1ccc(OCCC(C)c2ccc(-c3ccccc3)cc2)cc1. The molecule has 0 saturated heterocycles. The van der Waals surface area contributed by atoms with E-state index in [0.717, 1.165) is 24.3 Å². The highest BCUT2D eigenvalue weighted by molar-refractivity contribution is 5.79. The molecule has 0 spiro atoms. The minimum Gasteiger partial charge on any atom is -0.494 e. The number of ether oxygens (including phenoxy) is 5. The zero-order valence-corrected chi connectivity index (χ0v) is 37.0. The summed E-state index contributed by atoms with van der Waals surface area (Å²) in [4.78, 5) is 23.1. The highest BCUT2D eigenvalue weighted by Crippen LogP contribution is 2.28. The van der Waals surface area contributed by atoms with Gasteiger partial charge in [0.1, 0.15) is 23.0 Å². The van der Waals surface area contributed by atoms with Gasteiger partial charge < -0.3 is 28.8 Å². The third-order valence-electron chi connectivity index (χ3n) is 10.5. The van der Waals surface area contributed by atoms with Crippen LogP contribution >= 0.6 is 0 Å². The number of carboxylic acid groups (broad SMARTS) is 1. The van der Waals surface area contributed by atoms with Gasteiger partial charge in [0, 0.05) is 0 Å². The third kappa shape index (κ3) is 14.0. The van der Waals surface area contributed by atoms with Crippen molar-refractivity contribution >= 4 is 11.9 Å².